The Morgan fingerprint density at radius 1 is 1.14 bits per heavy atom. The summed E-state index contributed by atoms with van der Waals surface area (Å²) >= 11 is 0. The van der Waals surface area contributed by atoms with E-state index < -0.39 is 6.43 Å². The normalized spacial score (nSPS) is 16.2. The summed E-state index contributed by atoms with van der Waals surface area (Å²) in [7, 11) is 3.61. The second-order valence-electron chi connectivity index (χ2n) is 12.0. The molecule has 0 atom stereocenters. The summed E-state index contributed by atoms with van der Waals surface area (Å²) in [5.41, 5.74) is 4.85. The molecule has 0 unspecified atom stereocenters. The van der Waals surface area contributed by atoms with Crippen LogP contribution in [0.25, 0.3) is 5.65 Å². The van der Waals surface area contributed by atoms with Gasteiger partial charge in [0.1, 0.15) is 22.7 Å². The third-order valence-electron chi connectivity index (χ3n) is 8.15. The highest BCUT2D eigenvalue weighted by Gasteiger charge is 2.33. The van der Waals surface area contributed by atoms with Crippen molar-refractivity contribution in [1.29, 1.82) is 0 Å². The molecule has 10 nitrogen and oxygen atoms in total. The van der Waals surface area contributed by atoms with Gasteiger partial charge in [-0.05, 0) is 37.6 Å². The van der Waals surface area contributed by atoms with Gasteiger partial charge in [0.05, 0.1) is 49.3 Å². The Morgan fingerprint density at radius 3 is 2.59 bits per heavy atom. The highest BCUT2D eigenvalue weighted by Crippen LogP contribution is 2.42. The standard InChI is InChI=1S/C32H37F2N7O3/c1-32(2)15-22-13-26(27(14-28(22)44-32)40-11-9-39(10-12-40)20-29(33)34)37-31(42)25-17-36-41-19-23(16-35-30(25)41)38(3)18-21-5-7-24(43-4)8-6-21/h5-8,13-14,16-17,19,29H,9-12,15,18,20H2,1-4H3,(H,37,42). The van der Waals surface area contributed by atoms with Crippen molar-refractivity contribution in [2.75, 3.05) is 62.0 Å². The Balaban J connectivity index is 1.22. The van der Waals surface area contributed by atoms with E-state index in [1.807, 2.05) is 63.5 Å². The predicted molar refractivity (Wildman–Crippen MR) is 166 cm³/mol. The van der Waals surface area contributed by atoms with Crippen LogP contribution in [0.3, 0.4) is 0 Å². The van der Waals surface area contributed by atoms with Gasteiger partial charge in [-0.3, -0.25) is 9.69 Å². The number of carbonyl (C=O) groups is 1. The van der Waals surface area contributed by atoms with E-state index in [0.29, 0.717) is 56.0 Å². The molecule has 0 radical (unpaired) electrons. The minimum absolute atomic E-state index is 0.236. The maximum Gasteiger partial charge on any atom is 0.261 e. The fraction of sp³-hybridized carbons (Fsp3) is 0.406. The summed E-state index contributed by atoms with van der Waals surface area (Å²) in [6.07, 6.45) is 3.45. The number of anilines is 3. The van der Waals surface area contributed by atoms with Crippen molar-refractivity contribution in [1.82, 2.24) is 19.5 Å². The second-order valence-corrected chi connectivity index (χ2v) is 12.0. The van der Waals surface area contributed by atoms with Gasteiger partial charge < -0.3 is 24.6 Å². The van der Waals surface area contributed by atoms with Gasteiger partial charge in [0.15, 0.2) is 5.65 Å². The summed E-state index contributed by atoms with van der Waals surface area (Å²) in [6, 6.07) is 11.8. The van der Waals surface area contributed by atoms with Crippen molar-refractivity contribution in [2.24, 2.45) is 0 Å². The van der Waals surface area contributed by atoms with Crippen molar-refractivity contribution in [3.05, 3.63) is 71.7 Å². The number of rotatable bonds is 9. The number of nitrogens with zero attached hydrogens (tertiary/aromatic N) is 6. The van der Waals surface area contributed by atoms with E-state index in [4.69, 9.17) is 9.47 Å². The number of ether oxygens (including phenoxy) is 2. The van der Waals surface area contributed by atoms with Crippen molar-refractivity contribution in [3.63, 3.8) is 0 Å². The molecule has 0 aliphatic carbocycles. The third kappa shape index (κ3) is 6.26. The number of nitrogens with one attached hydrogen (secondary N) is 1. The monoisotopic (exact) mass is 605 g/mol. The third-order valence-corrected chi connectivity index (χ3v) is 8.15. The molecule has 0 bridgehead atoms. The molecule has 2 aliphatic rings. The van der Waals surface area contributed by atoms with E-state index in [-0.39, 0.29) is 18.1 Å². The van der Waals surface area contributed by atoms with Gasteiger partial charge in [-0.15, -0.1) is 0 Å². The molecule has 2 aromatic heterocycles. The van der Waals surface area contributed by atoms with Crippen molar-refractivity contribution in [3.8, 4) is 11.5 Å². The summed E-state index contributed by atoms with van der Waals surface area (Å²) in [5.74, 6) is 1.25. The van der Waals surface area contributed by atoms with E-state index in [0.717, 1.165) is 34.0 Å². The molecule has 0 saturated carbocycles. The van der Waals surface area contributed by atoms with Crippen LogP contribution in [0.5, 0.6) is 11.5 Å². The van der Waals surface area contributed by atoms with Crippen LogP contribution in [0, 0.1) is 0 Å². The predicted octanol–water partition coefficient (Wildman–Crippen LogP) is 4.73. The SMILES string of the molecule is COc1ccc(CN(C)c2cnc3c(C(=O)Nc4cc5c(cc4N4CCN(CC(F)F)CC4)OC(C)(C)C5)cnn3c2)cc1. The molecule has 2 aromatic carbocycles. The average molecular weight is 606 g/mol. The van der Waals surface area contributed by atoms with Crippen LogP contribution in [0.15, 0.2) is 55.0 Å². The van der Waals surface area contributed by atoms with Crippen molar-refractivity contribution < 1.29 is 23.0 Å². The number of carbonyl (C=O) groups excluding carboxylic acids is 1. The van der Waals surface area contributed by atoms with Crippen molar-refractivity contribution >= 4 is 28.6 Å². The first-order valence-electron chi connectivity index (χ1n) is 14.7. The van der Waals surface area contributed by atoms with E-state index in [1.54, 1.807) is 22.7 Å². The zero-order chi connectivity index (χ0) is 31.0. The van der Waals surface area contributed by atoms with Gasteiger partial charge in [0, 0.05) is 57.8 Å². The maximum atomic E-state index is 13.7. The van der Waals surface area contributed by atoms with Crippen LogP contribution < -0.4 is 24.6 Å². The Kier molecular flexibility index (Phi) is 8.02. The van der Waals surface area contributed by atoms with Gasteiger partial charge in [-0.25, -0.2) is 18.3 Å². The molecule has 0 spiro atoms. The van der Waals surface area contributed by atoms with E-state index in [1.165, 1.54) is 6.20 Å². The molecular formula is C32H37F2N7O3. The molecule has 6 rings (SSSR count). The smallest absolute Gasteiger partial charge is 0.261 e. The quantitative estimate of drug-likeness (QED) is 0.293. The van der Waals surface area contributed by atoms with Crippen LogP contribution in [0.1, 0.15) is 35.3 Å². The summed E-state index contributed by atoms with van der Waals surface area (Å²) in [4.78, 5) is 24.2. The lowest BCUT2D eigenvalue weighted by molar-refractivity contribution is 0.0854. The van der Waals surface area contributed by atoms with E-state index in [9.17, 15) is 13.6 Å². The second kappa shape index (κ2) is 11.9. The number of benzene rings is 2. The molecule has 2 aliphatic heterocycles. The molecule has 1 N–H and O–H groups in total. The number of amides is 1. The minimum atomic E-state index is -2.36. The Bertz CT molecular complexity index is 1650. The topological polar surface area (TPSA) is 87.5 Å². The lowest BCUT2D eigenvalue weighted by Crippen LogP contribution is -2.48. The largest absolute Gasteiger partial charge is 0.497 e. The van der Waals surface area contributed by atoms with Crippen LogP contribution in [0.4, 0.5) is 25.8 Å². The number of hydrogen-bond donors (Lipinski definition) is 1. The highest BCUT2D eigenvalue weighted by atomic mass is 19.3. The first-order chi connectivity index (χ1) is 21.1. The van der Waals surface area contributed by atoms with Crippen LogP contribution in [0.2, 0.25) is 0 Å². The Morgan fingerprint density at radius 2 is 1.89 bits per heavy atom. The lowest BCUT2D eigenvalue weighted by atomic mass is 10.0. The summed E-state index contributed by atoms with van der Waals surface area (Å²) in [6.45, 7) is 6.61. The summed E-state index contributed by atoms with van der Waals surface area (Å²) < 4.78 is 38.9. The number of hydrogen-bond acceptors (Lipinski definition) is 8. The molecule has 1 saturated heterocycles. The number of halogens is 2. The molecule has 232 valence electrons. The zero-order valence-corrected chi connectivity index (χ0v) is 25.4. The molecular weight excluding hydrogens is 568 g/mol. The first kappa shape index (κ1) is 29.6. The molecule has 4 aromatic rings. The lowest BCUT2D eigenvalue weighted by Gasteiger charge is -2.37. The molecule has 44 heavy (non-hydrogen) atoms. The fourth-order valence-corrected chi connectivity index (χ4v) is 5.88. The fourth-order valence-electron chi connectivity index (χ4n) is 5.88. The molecule has 4 heterocycles. The number of methoxy groups -OCH3 is 1. The molecule has 12 heteroatoms. The summed E-state index contributed by atoms with van der Waals surface area (Å²) in [5, 5.41) is 7.53. The maximum absolute atomic E-state index is 13.7. The van der Waals surface area contributed by atoms with Crippen LogP contribution in [-0.2, 0) is 13.0 Å². The van der Waals surface area contributed by atoms with Gasteiger partial charge >= 0.3 is 0 Å². The Hall–Kier alpha value is -4.45. The zero-order valence-electron chi connectivity index (χ0n) is 25.4. The first-order valence-corrected chi connectivity index (χ1v) is 14.7. The molecule has 1 amide bonds. The molecule has 1 fully saturated rings. The highest BCUT2D eigenvalue weighted by molar-refractivity contribution is 6.09. The van der Waals surface area contributed by atoms with Crippen LogP contribution in [-0.4, -0.2) is 84.3 Å². The number of piperazine rings is 1. The van der Waals surface area contributed by atoms with Gasteiger partial charge in [0.25, 0.3) is 12.3 Å². The number of fused-ring (bicyclic) bond motifs is 2. The number of aromatic nitrogens is 3. The van der Waals surface area contributed by atoms with Gasteiger partial charge in [-0.1, -0.05) is 12.1 Å². The van der Waals surface area contributed by atoms with Crippen LogP contribution >= 0.6 is 0 Å². The van der Waals surface area contributed by atoms with Gasteiger partial charge in [-0.2, -0.15) is 5.10 Å². The van der Waals surface area contributed by atoms with Crippen molar-refractivity contribution in [2.45, 2.75) is 38.8 Å². The number of alkyl halides is 2. The average Bonchev–Trinajstić information content (AvgIpc) is 3.55. The Labute approximate surface area is 255 Å². The van der Waals surface area contributed by atoms with E-state index in [2.05, 4.69) is 25.2 Å². The minimum Gasteiger partial charge on any atom is -0.497 e. The van der Waals surface area contributed by atoms with E-state index >= 15 is 0 Å². The van der Waals surface area contributed by atoms with Gasteiger partial charge in [0.2, 0.25) is 0 Å².